The summed E-state index contributed by atoms with van der Waals surface area (Å²) >= 11 is 6.12. The summed E-state index contributed by atoms with van der Waals surface area (Å²) in [5, 5.41) is 12.3. The molecule has 0 spiro atoms. The van der Waals surface area contributed by atoms with Crippen LogP contribution in [0.3, 0.4) is 0 Å². The molecule has 0 atom stereocenters. The van der Waals surface area contributed by atoms with Crippen LogP contribution < -0.4 is 14.8 Å². The lowest BCUT2D eigenvalue weighted by Gasteiger charge is -2.11. The first-order valence-electron chi connectivity index (χ1n) is 9.41. The third kappa shape index (κ3) is 5.62. The van der Waals surface area contributed by atoms with E-state index >= 15 is 0 Å². The number of aliphatic hydroxyl groups excluding tert-OH is 1. The number of ether oxygens (including phenoxy) is 2. The lowest BCUT2D eigenvalue weighted by atomic mass is 10.1. The molecule has 0 radical (unpaired) electrons. The highest BCUT2D eigenvalue weighted by atomic mass is 35.5. The van der Waals surface area contributed by atoms with Gasteiger partial charge in [-0.25, -0.2) is 4.98 Å². The fourth-order valence-electron chi connectivity index (χ4n) is 2.78. The summed E-state index contributed by atoms with van der Waals surface area (Å²) in [5.74, 6) is 0.720. The number of fused-ring (bicyclic) bond motifs is 1. The highest BCUT2D eigenvalue weighted by Crippen LogP contribution is 2.29. The van der Waals surface area contributed by atoms with Gasteiger partial charge in [0.1, 0.15) is 11.3 Å². The minimum atomic E-state index is -0.223. The molecule has 3 rings (SSSR count). The van der Waals surface area contributed by atoms with Gasteiger partial charge in [0, 0.05) is 41.9 Å². The first-order valence-corrected chi connectivity index (χ1v) is 9.78. The van der Waals surface area contributed by atoms with Crippen LogP contribution in [0.25, 0.3) is 16.8 Å². The molecule has 0 aliphatic heterocycles. The van der Waals surface area contributed by atoms with Crippen molar-refractivity contribution in [2.75, 3.05) is 19.8 Å². The molecule has 0 fully saturated rings. The Morgan fingerprint density at radius 1 is 1.28 bits per heavy atom. The zero-order valence-corrected chi connectivity index (χ0v) is 17.1. The molecule has 2 heterocycles. The lowest BCUT2D eigenvalue weighted by molar-refractivity contribution is -0.123. The van der Waals surface area contributed by atoms with Crippen molar-refractivity contribution >= 4 is 23.0 Å². The average Bonchev–Trinajstić information content (AvgIpc) is 3.08. The van der Waals surface area contributed by atoms with Gasteiger partial charge >= 0.3 is 0 Å². The third-order valence-electron chi connectivity index (χ3n) is 4.01. The maximum Gasteiger partial charge on any atom is 0.258 e. The van der Waals surface area contributed by atoms with E-state index in [0.717, 1.165) is 5.56 Å². The molecule has 0 unspecified atom stereocenters. The van der Waals surface area contributed by atoms with Crippen molar-refractivity contribution in [1.29, 1.82) is 0 Å². The number of halogens is 1. The van der Waals surface area contributed by atoms with Gasteiger partial charge in [-0.15, -0.1) is 0 Å². The standard InChI is InChI=1S/C21H24ClN3O4/c1-14(2)23-20(27)13-29-21-19-10-17(28-8-4-7-26)11-25(19)12-18(24-21)15-5-3-6-16(22)9-15/h3,5-6,9-12,14,26H,4,7-8,13H2,1-2H3,(H,23,27). The van der Waals surface area contributed by atoms with E-state index in [1.54, 1.807) is 12.1 Å². The quantitative estimate of drug-likeness (QED) is 0.522. The molecule has 0 saturated carbocycles. The second-order valence-corrected chi connectivity index (χ2v) is 7.28. The number of rotatable bonds is 9. The van der Waals surface area contributed by atoms with Crippen LogP contribution in [0.15, 0.2) is 42.7 Å². The number of hydrogen-bond acceptors (Lipinski definition) is 5. The zero-order valence-electron chi connectivity index (χ0n) is 16.4. The van der Waals surface area contributed by atoms with Gasteiger partial charge in [-0.05, 0) is 26.0 Å². The Morgan fingerprint density at radius 3 is 2.83 bits per heavy atom. The van der Waals surface area contributed by atoms with Gasteiger partial charge in [0.15, 0.2) is 6.61 Å². The molecular weight excluding hydrogens is 394 g/mol. The molecule has 1 amide bonds. The number of aromatic nitrogens is 2. The number of carbonyl (C=O) groups excluding carboxylic acids is 1. The Labute approximate surface area is 174 Å². The predicted molar refractivity (Wildman–Crippen MR) is 112 cm³/mol. The zero-order chi connectivity index (χ0) is 20.8. The third-order valence-corrected chi connectivity index (χ3v) is 4.24. The van der Waals surface area contributed by atoms with Crippen molar-refractivity contribution in [2.45, 2.75) is 26.3 Å². The van der Waals surface area contributed by atoms with Gasteiger partial charge in [-0.3, -0.25) is 4.79 Å². The Morgan fingerprint density at radius 2 is 2.10 bits per heavy atom. The van der Waals surface area contributed by atoms with Crippen molar-refractivity contribution < 1.29 is 19.4 Å². The molecule has 0 aliphatic carbocycles. The molecule has 2 aromatic heterocycles. The van der Waals surface area contributed by atoms with Gasteiger partial charge in [-0.2, -0.15) is 0 Å². The summed E-state index contributed by atoms with van der Waals surface area (Å²) in [7, 11) is 0. The van der Waals surface area contributed by atoms with Crippen molar-refractivity contribution in [3.63, 3.8) is 0 Å². The van der Waals surface area contributed by atoms with Crippen LogP contribution in [0.5, 0.6) is 11.6 Å². The Bertz CT molecular complexity index is 987. The van der Waals surface area contributed by atoms with Crippen LogP contribution in [-0.4, -0.2) is 46.3 Å². The molecule has 0 aliphatic rings. The summed E-state index contributed by atoms with van der Waals surface area (Å²) in [6, 6.07) is 9.17. The maximum absolute atomic E-state index is 12.0. The second-order valence-electron chi connectivity index (χ2n) is 6.85. The van der Waals surface area contributed by atoms with Crippen LogP contribution >= 0.6 is 11.6 Å². The first-order chi connectivity index (χ1) is 14.0. The van der Waals surface area contributed by atoms with Crippen molar-refractivity contribution in [3.05, 3.63) is 47.7 Å². The molecule has 3 aromatic rings. The number of nitrogens with one attached hydrogen (secondary N) is 1. The van der Waals surface area contributed by atoms with E-state index < -0.39 is 0 Å². The molecule has 2 N–H and O–H groups in total. The summed E-state index contributed by atoms with van der Waals surface area (Å²) < 4.78 is 13.2. The number of hydrogen-bond donors (Lipinski definition) is 2. The molecule has 154 valence electrons. The summed E-state index contributed by atoms with van der Waals surface area (Å²) in [4.78, 5) is 16.6. The van der Waals surface area contributed by atoms with Gasteiger partial charge < -0.3 is 24.3 Å². The highest BCUT2D eigenvalue weighted by Gasteiger charge is 2.14. The van der Waals surface area contributed by atoms with Crippen LogP contribution in [0.2, 0.25) is 5.02 Å². The van der Waals surface area contributed by atoms with E-state index in [1.165, 1.54) is 0 Å². The Hall–Kier alpha value is -2.77. The van der Waals surface area contributed by atoms with Gasteiger partial charge in [0.2, 0.25) is 5.88 Å². The first kappa shape index (κ1) is 21.0. The molecule has 1 aromatic carbocycles. The molecule has 0 bridgehead atoms. The number of carbonyl (C=O) groups is 1. The maximum atomic E-state index is 12.0. The number of amides is 1. The number of aliphatic hydroxyl groups is 1. The van der Waals surface area contributed by atoms with Gasteiger partial charge in [0.05, 0.1) is 18.5 Å². The van der Waals surface area contributed by atoms with Crippen molar-refractivity contribution in [1.82, 2.24) is 14.7 Å². The monoisotopic (exact) mass is 417 g/mol. The van der Waals surface area contributed by atoms with Crippen LogP contribution in [0.1, 0.15) is 20.3 Å². The van der Waals surface area contributed by atoms with E-state index in [1.807, 2.05) is 48.8 Å². The van der Waals surface area contributed by atoms with E-state index in [4.69, 9.17) is 26.2 Å². The van der Waals surface area contributed by atoms with E-state index in [0.29, 0.717) is 40.9 Å². The van der Waals surface area contributed by atoms with Crippen LogP contribution in [0.4, 0.5) is 0 Å². The number of nitrogens with zero attached hydrogens (tertiary/aromatic N) is 2. The van der Waals surface area contributed by atoms with Gasteiger partial charge in [-0.1, -0.05) is 23.7 Å². The normalized spacial score (nSPS) is 11.1. The highest BCUT2D eigenvalue weighted by molar-refractivity contribution is 6.30. The minimum Gasteiger partial charge on any atom is -0.492 e. The van der Waals surface area contributed by atoms with E-state index in [2.05, 4.69) is 10.3 Å². The molecular formula is C21H24ClN3O4. The lowest BCUT2D eigenvalue weighted by Crippen LogP contribution is -2.34. The molecule has 0 saturated heterocycles. The summed E-state index contributed by atoms with van der Waals surface area (Å²) in [6.07, 6.45) is 4.20. The second kappa shape index (κ2) is 9.62. The SMILES string of the molecule is CC(C)NC(=O)COc1nc(-c2cccc(Cl)c2)cn2cc(OCCCO)cc12. The Kier molecular flexibility index (Phi) is 6.95. The summed E-state index contributed by atoms with van der Waals surface area (Å²) in [6.45, 7) is 4.09. The van der Waals surface area contributed by atoms with Crippen LogP contribution in [0, 0.1) is 0 Å². The van der Waals surface area contributed by atoms with E-state index in [-0.39, 0.29) is 25.2 Å². The van der Waals surface area contributed by atoms with Crippen molar-refractivity contribution in [2.24, 2.45) is 0 Å². The average molecular weight is 418 g/mol. The smallest absolute Gasteiger partial charge is 0.258 e. The molecule has 8 heteroatoms. The largest absolute Gasteiger partial charge is 0.492 e. The van der Waals surface area contributed by atoms with Gasteiger partial charge in [0.25, 0.3) is 5.91 Å². The minimum absolute atomic E-state index is 0.0247. The molecule has 29 heavy (non-hydrogen) atoms. The van der Waals surface area contributed by atoms with Crippen molar-refractivity contribution in [3.8, 4) is 22.9 Å². The predicted octanol–water partition coefficient (Wildman–Crippen LogP) is 3.32. The topological polar surface area (TPSA) is 85.1 Å². The fourth-order valence-corrected chi connectivity index (χ4v) is 2.97. The van der Waals surface area contributed by atoms with Crippen LogP contribution in [-0.2, 0) is 4.79 Å². The summed E-state index contributed by atoms with van der Waals surface area (Å²) in [5.41, 5.74) is 2.15. The Balaban J connectivity index is 1.94. The number of benzene rings is 1. The van der Waals surface area contributed by atoms with E-state index in [9.17, 15) is 4.79 Å². The molecule has 7 nitrogen and oxygen atoms in total. The fraction of sp³-hybridized carbons (Fsp3) is 0.333.